The topological polar surface area (TPSA) is 105 Å². The van der Waals surface area contributed by atoms with Crippen LogP contribution in [0.15, 0.2) is 47.4 Å². The largest absolute Gasteiger partial charge is 0.403 e. The third-order valence-corrected chi connectivity index (χ3v) is 3.52. The number of aromatic nitrogens is 2. The summed E-state index contributed by atoms with van der Waals surface area (Å²) in [7, 11) is 1.66. The lowest BCUT2D eigenvalue weighted by molar-refractivity contribution is 0.0943. The molecule has 0 aliphatic carbocycles. The molecule has 2 aromatic rings. The summed E-state index contributed by atoms with van der Waals surface area (Å²) < 4.78 is 0. The molecule has 2 rings (SSSR count). The minimum Gasteiger partial charge on any atom is -0.403 e. The normalized spacial score (nSPS) is 11.8. The zero-order valence-electron chi connectivity index (χ0n) is 15.4. The number of nitrogens with one attached hydrogen (secondary N) is 2. The van der Waals surface area contributed by atoms with E-state index >= 15 is 0 Å². The molecule has 7 nitrogen and oxygen atoms in total. The minimum atomic E-state index is -0.0927. The van der Waals surface area contributed by atoms with E-state index in [4.69, 9.17) is 5.73 Å². The highest BCUT2D eigenvalue weighted by atomic mass is 16.1. The number of carbonyl (C=O) groups is 1. The quantitative estimate of drug-likeness (QED) is 0.693. The van der Waals surface area contributed by atoms with Crippen molar-refractivity contribution in [1.82, 2.24) is 15.3 Å². The predicted octanol–water partition coefficient (Wildman–Crippen LogP) is 2.50. The number of nitrogens with zero attached hydrogens (tertiary/aromatic N) is 3. The first-order valence-electron chi connectivity index (χ1n) is 8.30. The maximum atomic E-state index is 12.1. The fourth-order valence-electron chi connectivity index (χ4n) is 2.30. The molecule has 0 fully saturated rings. The van der Waals surface area contributed by atoms with E-state index in [1.807, 2.05) is 32.9 Å². The molecule has 136 valence electrons. The number of aryl methyl sites for hydroxylation is 1. The van der Waals surface area contributed by atoms with Gasteiger partial charge < -0.3 is 16.4 Å². The first-order valence-corrected chi connectivity index (χ1v) is 8.30. The van der Waals surface area contributed by atoms with E-state index in [-0.39, 0.29) is 11.9 Å². The molecular formula is C19H24N6O. The van der Waals surface area contributed by atoms with Crippen LogP contribution in [-0.4, -0.2) is 35.2 Å². The van der Waals surface area contributed by atoms with Crippen molar-refractivity contribution in [3.63, 3.8) is 0 Å². The summed E-state index contributed by atoms with van der Waals surface area (Å²) in [5.74, 6) is 0.328. The van der Waals surface area contributed by atoms with Gasteiger partial charge >= 0.3 is 0 Å². The maximum Gasteiger partial charge on any atom is 0.251 e. The molecule has 7 heteroatoms. The first kappa shape index (κ1) is 19.1. The summed E-state index contributed by atoms with van der Waals surface area (Å²) in [6.07, 6.45) is 4.73. The Morgan fingerprint density at radius 1 is 1.27 bits per heavy atom. The number of allylic oxidation sites excluding steroid dienone is 1. The van der Waals surface area contributed by atoms with Crippen LogP contribution in [0.4, 0.5) is 5.95 Å². The third kappa shape index (κ3) is 4.89. The zero-order valence-corrected chi connectivity index (χ0v) is 15.4. The Bertz CT molecular complexity index is 824. The summed E-state index contributed by atoms with van der Waals surface area (Å²) >= 11 is 0. The van der Waals surface area contributed by atoms with Gasteiger partial charge in [0.15, 0.2) is 0 Å². The molecular weight excluding hydrogens is 328 g/mol. The van der Waals surface area contributed by atoms with E-state index in [1.165, 1.54) is 6.20 Å². The number of amides is 1. The van der Waals surface area contributed by atoms with Crippen molar-refractivity contribution in [2.24, 2.45) is 10.7 Å². The Morgan fingerprint density at radius 3 is 2.54 bits per heavy atom. The molecule has 1 amide bonds. The average molecular weight is 352 g/mol. The number of anilines is 1. The predicted molar refractivity (Wildman–Crippen MR) is 105 cm³/mol. The van der Waals surface area contributed by atoms with Crippen LogP contribution in [0, 0.1) is 6.92 Å². The molecule has 0 saturated heterocycles. The van der Waals surface area contributed by atoms with Crippen LogP contribution in [0.2, 0.25) is 0 Å². The second kappa shape index (κ2) is 8.75. The second-order valence-corrected chi connectivity index (χ2v) is 6.07. The third-order valence-electron chi connectivity index (χ3n) is 3.52. The molecule has 0 spiro atoms. The molecule has 26 heavy (non-hydrogen) atoms. The van der Waals surface area contributed by atoms with Gasteiger partial charge in [-0.05, 0) is 38.5 Å². The number of hydrogen-bond acceptors (Lipinski definition) is 6. The molecule has 0 aliphatic heterocycles. The van der Waals surface area contributed by atoms with Crippen molar-refractivity contribution in [2.75, 3.05) is 12.4 Å². The highest BCUT2D eigenvalue weighted by molar-refractivity contribution is 5.94. The molecule has 0 radical (unpaired) electrons. The van der Waals surface area contributed by atoms with Crippen LogP contribution < -0.4 is 16.4 Å². The highest BCUT2D eigenvalue weighted by Gasteiger charge is 2.10. The molecule has 1 heterocycles. The zero-order chi connectivity index (χ0) is 19.1. The van der Waals surface area contributed by atoms with Crippen LogP contribution in [0.3, 0.4) is 0 Å². The van der Waals surface area contributed by atoms with Gasteiger partial charge in [-0.25, -0.2) is 9.97 Å². The number of rotatable bonds is 6. The molecule has 0 aliphatic rings. The van der Waals surface area contributed by atoms with E-state index in [0.717, 1.165) is 16.8 Å². The fraction of sp³-hybridized carbons (Fsp3) is 0.263. The standard InChI is InChI=1S/C19H24N6O/c1-12(2)23-18(26)15-7-5-14(6-8-15)17-13(3)10-22-19(25-17)24-16(9-20)11-21-4/h5-12H,20H2,1-4H3,(H,23,26)(H,22,24,25)/b16-9+,21-11?. The summed E-state index contributed by atoms with van der Waals surface area (Å²) in [5, 5.41) is 5.89. The lowest BCUT2D eigenvalue weighted by atomic mass is 10.1. The van der Waals surface area contributed by atoms with Gasteiger partial charge in [0.2, 0.25) is 5.95 Å². The SMILES string of the molecule is CN=C/C(=C\N)Nc1ncc(C)c(-c2ccc(C(=O)NC(C)C)cc2)n1. The molecule has 0 bridgehead atoms. The van der Waals surface area contributed by atoms with Crippen molar-refractivity contribution in [2.45, 2.75) is 26.8 Å². The van der Waals surface area contributed by atoms with E-state index < -0.39 is 0 Å². The first-order chi connectivity index (χ1) is 12.4. The van der Waals surface area contributed by atoms with Gasteiger partial charge in [0.1, 0.15) is 0 Å². The number of benzene rings is 1. The average Bonchev–Trinajstić information content (AvgIpc) is 2.62. The Kier molecular flexibility index (Phi) is 6.43. The van der Waals surface area contributed by atoms with Crippen molar-refractivity contribution in [1.29, 1.82) is 0 Å². The van der Waals surface area contributed by atoms with Crippen molar-refractivity contribution < 1.29 is 4.79 Å². The van der Waals surface area contributed by atoms with Gasteiger partial charge in [0.05, 0.1) is 11.4 Å². The van der Waals surface area contributed by atoms with Gasteiger partial charge in [-0.15, -0.1) is 0 Å². The van der Waals surface area contributed by atoms with Crippen LogP contribution in [0.1, 0.15) is 29.8 Å². The highest BCUT2D eigenvalue weighted by Crippen LogP contribution is 2.22. The molecule has 0 atom stereocenters. The van der Waals surface area contributed by atoms with Gasteiger partial charge in [0.25, 0.3) is 5.91 Å². The van der Waals surface area contributed by atoms with Gasteiger partial charge in [0, 0.05) is 42.8 Å². The van der Waals surface area contributed by atoms with E-state index in [2.05, 4.69) is 25.6 Å². The van der Waals surface area contributed by atoms with Crippen molar-refractivity contribution >= 4 is 18.1 Å². The lowest BCUT2D eigenvalue weighted by Crippen LogP contribution is -2.29. The Morgan fingerprint density at radius 2 is 1.96 bits per heavy atom. The van der Waals surface area contributed by atoms with E-state index in [1.54, 1.807) is 31.6 Å². The number of hydrogen-bond donors (Lipinski definition) is 3. The second-order valence-electron chi connectivity index (χ2n) is 6.07. The van der Waals surface area contributed by atoms with Crippen LogP contribution in [0.25, 0.3) is 11.3 Å². The van der Waals surface area contributed by atoms with Crippen molar-refractivity contribution in [3.8, 4) is 11.3 Å². The van der Waals surface area contributed by atoms with Crippen molar-refractivity contribution in [3.05, 3.63) is 53.5 Å². The summed E-state index contributed by atoms with van der Waals surface area (Å²) in [4.78, 5) is 24.8. The maximum absolute atomic E-state index is 12.1. The Hall–Kier alpha value is -3.22. The monoisotopic (exact) mass is 352 g/mol. The van der Waals surface area contributed by atoms with Gasteiger partial charge in [-0.3, -0.25) is 9.79 Å². The van der Waals surface area contributed by atoms with Crippen LogP contribution >= 0.6 is 0 Å². The van der Waals surface area contributed by atoms with Gasteiger partial charge in [-0.1, -0.05) is 12.1 Å². The molecule has 0 unspecified atom stereocenters. The molecule has 4 N–H and O–H groups in total. The lowest BCUT2D eigenvalue weighted by Gasteiger charge is -2.11. The van der Waals surface area contributed by atoms with E-state index in [0.29, 0.717) is 17.2 Å². The number of carbonyl (C=O) groups excluding carboxylic acids is 1. The van der Waals surface area contributed by atoms with Crippen LogP contribution in [-0.2, 0) is 0 Å². The summed E-state index contributed by atoms with van der Waals surface area (Å²) in [6, 6.07) is 7.42. The number of aliphatic imine (C=N–C) groups is 1. The smallest absolute Gasteiger partial charge is 0.251 e. The Labute approximate surface area is 153 Å². The molecule has 0 saturated carbocycles. The van der Waals surface area contributed by atoms with Gasteiger partial charge in [-0.2, -0.15) is 0 Å². The number of nitrogens with two attached hydrogens (primary N) is 1. The van der Waals surface area contributed by atoms with Crippen LogP contribution in [0.5, 0.6) is 0 Å². The fourth-order valence-corrected chi connectivity index (χ4v) is 2.30. The summed E-state index contributed by atoms with van der Waals surface area (Å²) in [6.45, 7) is 5.79. The Balaban J connectivity index is 2.28. The molecule has 1 aromatic heterocycles. The molecule has 1 aromatic carbocycles. The summed E-state index contributed by atoms with van der Waals surface area (Å²) in [5.41, 5.74) is 9.38. The minimum absolute atomic E-state index is 0.0927. The van der Waals surface area contributed by atoms with E-state index in [9.17, 15) is 4.79 Å².